The van der Waals surface area contributed by atoms with Gasteiger partial charge in [-0.1, -0.05) is 71.4 Å². The van der Waals surface area contributed by atoms with Gasteiger partial charge in [0.05, 0.1) is 0 Å². The zero-order chi connectivity index (χ0) is 19.0. The number of carbonyl (C=O) groups excluding carboxylic acids is 1. The number of benzene rings is 2. The van der Waals surface area contributed by atoms with Gasteiger partial charge in [-0.05, 0) is 32.3 Å². The third-order valence-electron chi connectivity index (χ3n) is 4.76. The maximum absolute atomic E-state index is 13.3. The molecule has 4 rings (SSSR count). The third-order valence-corrected chi connectivity index (χ3v) is 5.98. The summed E-state index contributed by atoms with van der Waals surface area (Å²) in [5, 5.41) is 6.84. The molecule has 1 aromatic heterocycles. The van der Waals surface area contributed by atoms with Crippen molar-refractivity contribution in [1.29, 1.82) is 0 Å². The largest absolute Gasteiger partial charge is 0.344 e. The van der Waals surface area contributed by atoms with Crippen LogP contribution in [0.25, 0.3) is 0 Å². The Bertz CT molecular complexity index is 1010. The van der Waals surface area contributed by atoms with Crippen molar-refractivity contribution in [1.82, 2.24) is 14.8 Å². The summed E-state index contributed by atoms with van der Waals surface area (Å²) in [5.41, 5.74) is 3.62. The highest BCUT2D eigenvalue weighted by Gasteiger charge is 2.32. The maximum Gasteiger partial charge on any atom is 0.344 e. The van der Waals surface area contributed by atoms with E-state index in [1.165, 1.54) is 11.8 Å². The molecule has 5 nitrogen and oxygen atoms in total. The predicted octanol–water partition coefficient (Wildman–Crippen LogP) is 4.24. The van der Waals surface area contributed by atoms with Gasteiger partial charge in [-0.15, -0.1) is 5.10 Å². The number of aromatic amines is 1. The van der Waals surface area contributed by atoms with Gasteiger partial charge in [-0.25, -0.2) is 9.89 Å². The van der Waals surface area contributed by atoms with Crippen LogP contribution >= 0.6 is 11.8 Å². The summed E-state index contributed by atoms with van der Waals surface area (Å²) in [6.45, 7) is 4.02. The van der Waals surface area contributed by atoms with Gasteiger partial charge in [0.25, 0.3) is 0 Å². The molecule has 6 heteroatoms. The first-order valence-corrected chi connectivity index (χ1v) is 9.92. The number of thioether (sulfide) groups is 1. The summed E-state index contributed by atoms with van der Waals surface area (Å²) >= 11 is 1.34. The summed E-state index contributed by atoms with van der Waals surface area (Å²) in [6, 6.07) is 15.8. The first-order valence-electron chi connectivity index (χ1n) is 9.04. The number of hydrogen-bond acceptors (Lipinski definition) is 4. The van der Waals surface area contributed by atoms with E-state index in [1.54, 1.807) is 4.57 Å². The van der Waals surface area contributed by atoms with Crippen molar-refractivity contribution in [3.05, 3.63) is 81.3 Å². The maximum atomic E-state index is 13.3. The van der Waals surface area contributed by atoms with Crippen LogP contribution in [-0.4, -0.2) is 20.5 Å². The van der Waals surface area contributed by atoms with E-state index < -0.39 is 5.25 Å². The molecule has 1 atom stereocenters. The van der Waals surface area contributed by atoms with E-state index in [9.17, 15) is 9.59 Å². The lowest BCUT2D eigenvalue weighted by atomic mass is 10.0. The molecule has 3 aromatic rings. The fourth-order valence-corrected chi connectivity index (χ4v) is 4.21. The fraction of sp³-hybridized carbons (Fsp3) is 0.286. The summed E-state index contributed by atoms with van der Waals surface area (Å²) in [7, 11) is 0. The number of hydrogen-bond donors (Lipinski definition) is 1. The van der Waals surface area contributed by atoms with E-state index in [2.05, 4.69) is 10.2 Å². The van der Waals surface area contributed by atoms with Crippen molar-refractivity contribution in [2.45, 2.75) is 43.1 Å². The van der Waals surface area contributed by atoms with Gasteiger partial charge >= 0.3 is 5.69 Å². The molecule has 1 saturated carbocycles. The summed E-state index contributed by atoms with van der Waals surface area (Å²) < 4.78 is 1.69. The third kappa shape index (κ3) is 3.76. The average Bonchev–Trinajstić information content (AvgIpc) is 3.43. The molecule has 0 spiro atoms. The molecular formula is C21H21N3O2S. The van der Waals surface area contributed by atoms with Crippen LogP contribution in [0, 0.1) is 13.8 Å². The summed E-state index contributed by atoms with van der Waals surface area (Å²) in [5.74, 6) is 0.0154. The van der Waals surface area contributed by atoms with E-state index in [-0.39, 0.29) is 17.5 Å². The van der Waals surface area contributed by atoms with E-state index in [0.29, 0.717) is 10.7 Å². The lowest BCUT2D eigenvalue weighted by Crippen LogP contribution is -2.17. The number of carbonyl (C=O) groups is 1. The van der Waals surface area contributed by atoms with Crippen LogP contribution in [0.1, 0.15) is 51.2 Å². The summed E-state index contributed by atoms with van der Waals surface area (Å²) in [4.78, 5) is 25.4. The number of nitrogens with one attached hydrogen (secondary N) is 1. The Morgan fingerprint density at radius 3 is 2.26 bits per heavy atom. The molecule has 1 unspecified atom stereocenters. The minimum Gasteiger partial charge on any atom is -0.293 e. The predicted molar refractivity (Wildman–Crippen MR) is 106 cm³/mol. The minimum atomic E-state index is -0.457. The average molecular weight is 379 g/mol. The van der Waals surface area contributed by atoms with Crippen molar-refractivity contribution < 1.29 is 4.79 Å². The lowest BCUT2D eigenvalue weighted by Gasteiger charge is -2.16. The van der Waals surface area contributed by atoms with Gasteiger partial charge in [0.1, 0.15) is 5.25 Å². The SMILES string of the molecule is Cc1ccc(C(=O)C(Sc2n[nH]c(=O)n2C2CC2)c2ccc(C)cc2)cc1. The van der Waals surface area contributed by atoms with Crippen molar-refractivity contribution >= 4 is 17.5 Å². The van der Waals surface area contributed by atoms with Crippen molar-refractivity contribution in [2.75, 3.05) is 0 Å². The topological polar surface area (TPSA) is 67.8 Å². The second-order valence-corrected chi connectivity index (χ2v) is 8.12. The number of nitrogens with zero attached hydrogens (tertiary/aromatic N) is 2. The lowest BCUT2D eigenvalue weighted by molar-refractivity contribution is 0.0989. The molecule has 0 amide bonds. The Hall–Kier alpha value is -2.60. The van der Waals surface area contributed by atoms with Gasteiger partial charge in [-0.2, -0.15) is 0 Å². The van der Waals surface area contributed by atoms with Crippen LogP contribution in [0.2, 0.25) is 0 Å². The Labute approximate surface area is 161 Å². The molecule has 27 heavy (non-hydrogen) atoms. The van der Waals surface area contributed by atoms with Crippen LogP contribution in [0.3, 0.4) is 0 Å². The molecule has 1 aliphatic rings. The first-order chi connectivity index (χ1) is 13.0. The van der Waals surface area contributed by atoms with Gasteiger partial charge in [-0.3, -0.25) is 9.36 Å². The number of ketones is 1. The molecule has 2 aromatic carbocycles. The Morgan fingerprint density at radius 1 is 1.07 bits per heavy atom. The van der Waals surface area contributed by atoms with Gasteiger partial charge in [0.2, 0.25) is 0 Å². The Morgan fingerprint density at radius 2 is 1.67 bits per heavy atom. The van der Waals surface area contributed by atoms with Gasteiger partial charge in [0.15, 0.2) is 10.9 Å². The summed E-state index contributed by atoms with van der Waals surface area (Å²) in [6.07, 6.45) is 1.96. The van der Waals surface area contributed by atoms with Crippen LogP contribution < -0.4 is 5.69 Å². The highest BCUT2D eigenvalue weighted by molar-refractivity contribution is 8.00. The highest BCUT2D eigenvalue weighted by Crippen LogP contribution is 2.41. The van der Waals surface area contributed by atoms with Crippen molar-refractivity contribution in [2.24, 2.45) is 0 Å². The number of Topliss-reactive ketones (excluding diaryl/α,β-unsaturated/α-hetero) is 1. The number of H-pyrrole nitrogens is 1. The van der Waals surface area contributed by atoms with Crippen LogP contribution in [0.4, 0.5) is 0 Å². The van der Waals surface area contributed by atoms with Crippen LogP contribution in [-0.2, 0) is 0 Å². The monoisotopic (exact) mass is 379 g/mol. The van der Waals surface area contributed by atoms with E-state index >= 15 is 0 Å². The Kier molecular flexibility index (Phi) is 4.74. The van der Waals surface area contributed by atoms with Crippen LogP contribution in [0.5, 0.6) is 0 Å². The second kappa shape index (κ2) is 7.19. The number of rotatable bonds is 6. The molecule has 1 N–H and O–H groups in total. The highest BCUT2D eigenvalue weighted by atomic mass is 32.2. The minimum absolute atomic E-state index is 0.0154. The Balaban J connectivity index is 1.72. The molecule has 1 fully saturated rings. The number of aryl methyl sites for hydroxylation is 2. The number of aromatic nitrogens is 3. The van der Waals surface area contributed by atoms with Crippen molar-refractivity contribution in [3.63, 3.8) is 0 Å². The fourth-order valence-electron chi connectivity index (χ4n) is 3.02. The second-order valence-electron chi connectivity index (χ2n) is 7.05. The smallest absolute Gasteiger partial charge is 0.293 e. The first kappa shape index (κ1) is 17.8. The van der Waals surface area contributed by atoms with Gasteiger partial charge < -0.3 is 0 Å². The zero-order valence-electron chi connectivity index (χ0n) is 15.3. The molecule has 1 heterocycles. The van der Waals surface area contributed by atoms with E-state index in [1.807, 2.05) is 62.4 Å². The molecule has 0 aliphatic heterocycles. The van der Waals surface area contributed by atoms with Gasteiger partial charge in [0, 0.05) is 11.6 Å². The molecule has 138 valence electrons. The molecular weight excluding hydrogens is 358 g/mol. The standard InChI is InChI=1S/C21H21N3O2S/c1-13-3-7-15(8-4-13)18(25)19(16-9-5-14(2)6-10-16)27-21-23-22-20(26)24(21)17-11-12-17/h3-10,17,19H,11-12H2,1-2H3,(H,22,26). The van der Waals surface area contributed by atoms with E-state index in [0.717, 1.165) is 29.5 Å². The molecule has 0 radical (unpaired) electrons. The van der Waals surface area contributed by atoms with E-state index in [4.69, 9.17) is 0 Å². The molecule has 0 bridgehead atoms. The van der Waals surface area contributed by atoms with Crippen molar-refractivity contribution in [3.8, 4) is 0 Å². The molecule has 0 saturated heterocycles. The quantitative estimate of drug-likeness (QED) is 0.514. The van der Waals surface area contributed by atoms with Crippen LogP contribution in [0.15, 0.2) is 58.5 Å². The zero-order valence-corrected chi connectivity index (χ0v) is 16.1. The normalized spacial score (nSPS) is 14.9. The molecule has 1 aliphatic carbocycles.